The lowest BCUT2D eigenvalue weighted by molar-refractivity contribution is -0.123. The van der Waals surface area contributed by atoms with E-state index >= 15 is 0 Å². The first-order chi connectivity index (χ1) is 11.8. The second kappa shape index (κ2) is 7.25. The Hall–Kier alpha value is -3.39. The summed E-state index contributed by atoms with van der Waals surface area (Å²) in [6, 6.07) is 18.5. The van der Waals surface area contributed by atoms with Gasteiger partial charge in [-0.25, -0.2) is 0 Å². The van der Waals surface area contributed by atoms with Crippen molar-refractivity contribution in [2.75, 3.05) is 6.61 Å². The Morgan fingerprint density at radius 2 is 1.92 bits per heavy atom. The van der Waals surface area contributed by atoms with E-state index in [9.17, 15) is 4.79 Å². The van der Waals surface area contributed by atoms with Crippen molar-refractivity contribution in [1.29, 1.82) is 5.26 Å². The number of rotatable bonds is 5. The first-order valence-corrected chi connectivity index (χ1v) is 7.49. The molecule has 1 amide bonds. The van der Waals surface area contributed by atoms with Crippen LogP contribution in [0.5, 0.6) is 5.75 Å². The number of hydrogen-bond acceptors (Lipinski definition) is 4. The molecule has 0 bridgehead atoms. The van der Waals surface area contributed by atoms with E-state index in [4.69, 9.17) is 10.00 Å². The van der Waals surface area contributed by atoms with Crippen LogP contribution in [0, 0.1) is 11.3 Å². The Bertz CT molecular complexity index is 910. The van der Waals surface area contributed by atoms with Gasteiger partial charge in [0.15, 0.2) is 6.61 Å². The summed E-state index contributed by atoms with van der Waals surface area (Å²) in [6.45, 7) is 0.257. The second-order valence-electron chi connectivity index (χ2n) is 5.16. The predicted molar refractivity (Wildman–Crippen MR) is 90.2 cm³/mol. The van der Waals surface area contributed by atoms with Crippen molar-refractivity contribution in [3.63, 3.8) is 0 Å². The molecule has 2 aromatic carbocycles. The van der Waals surface area contributed by atoms with Crippen molar-refractivity contribution in [2.45, 2.75) is 6.54 Å². The van der Waals surface area contributed by atoms with Crippen LogP contribution in [-0.4, -0.2) is 17.5 Å². The van der Waals surface area contributed by atoms with Crippen molar-refractivity contribution < 1.29 is 9.53 Å². The van der Waals surface area contributed by atoms with Gasteiger partial charge in [0.25, 0.3) is 5.91 Å². The first kappa shape index (κ1) is 15.5. The zero-order chi connectivity index (χ0) is 16.8. The number of fused-ring (bicyclic) bond motifs is 1. The third-order valence-electron chi connectivity index (χ3n) is 3.58. The van der Waals surface area contributed by atoms with Crippen LogP contribution in [0.1, 0.15) is 11.1 Å². The zero-order valence-electron chi connectivity index (χ0n) is 12.9. The molecule has 0 radical (unpaired) electrons. The topological polar surface area (TPSA) is 75.0 Å². The van der Waals surface area contributed by atoms with Gasteiger partial charge in [0.05, 0.1) is 11.1 Å². The fraction of sp³-hybridized carbons (Fsp3) is 0.105. The molecular formula is C19H15N3O2. The van der Waals surface area contributed by atoms with Crippen molar-refractivity contribution in [3.05, 3.63) is 71.9 Å². The molecule has 0 aliphatic carbocycles. The van der Waals surface area contributed by atoms with E-state index in [-0.39, 0.29) is 12.5 Å². The lowest BCUT2D eigenvalue weighted by Crippen LogP contribution is -2.28. The molecule has 0 spiro atoms. The molecule has 0 aliphatic heterocycles. The number of aromatic nitrogens is 1. The van der Waals surface area contributed by atoms with E-state index in [2.05, 4.69) is 10.3 Å². The van der Waals surface area contributed by atoms with Crippen LogP contribution in [0.4, 0.5) is 0 Å². The van der Waals surface area contributed by atoms with E-state index in [1.54, 1.807) is 30.5 Å². The standard InChI is InChI=1S/C19H15N3O2/c20-11-14-5-1-4-8-18(14)24-13-19(23)22-12-15-9-10-21-17-7-3-2-6-16(15)17/h1-10H,12-13H2,(H,22,23). The summed E-state index contributed by atoms with van der Waals surface area (Å²) in [7, 11) is 0. The van der Waals surface area contributed by atoms with Crippen molar-refractivity contribution in [1.82, 2.24) is 10.3 Å². The molecule has 0 unspecified atom stereocenters. The minimum atomic E-state index is -0.247. The molecule has 24 heavy (non-hydrogen) atoms. The maximum atomic E-state index is 12.0. The minimum Gasteiger partial charge on any atom is -0.482 e. The molecule has 3 rings (SSSR count). The second-order valence-corrected chi connectivity index (χ2v) is 5.16. The molecule has 5 heteroatoms. The average molecular weight is 317 g/mol. The largest absolute Gasteiger partial charge is 0.482 e. The molecule has 1 N–H and O–H groups in total. The number of ether oxygens (including phenoxy) is 1. The number of hydrogen-bond donors (Lipinski definition) is 1. The molecule has 0 saturated heterocycles. The Labute approximate surface area is 139 Å². The number of para-hydroxylation sites is 2. The molecule has 118 valence electrons. The van der Waals surface area contributed by atoms with Gasteiger partial charge in [-0.15, -0.1) is 0 Å². The van der Waals surface area contributed by atoms with Gasteiger partial charge in [-0.05, 0) is 29.8 Å². The first-order valence-electron chi connectivity index (χ1n) is 7.49. The van der Waals surface area contributed by atoms with Gasteiger partial charge in [-0.3, -0.25) is 9.78 Å². The number of nitrogens with one attached hydrogen (secondary N) is 1. The predicted octanol–water partition coefficient (Wildman–Crippen LogP) is 2.80. The quantitative estimate of drug-likeness (QED) is 0.785. The minimum absolute atomic E-state index is 0.137. The molecule has 0 fully saturated rings. The van der Waals surface area contributed by atoms with Gasteiger partial charge in [0.1, 0.15) is 11.8 Å². The maximum Gasteiger partial charge on any atom is 0.258 e. The van der Waals surface area contributed by atoms with Crippen LogP contribution in [0.3, 0.4) is 0 Å². The van der Waals surface area contributed by atoms with Crippen molar-refractivity contribution in [2.24, 2.45) is 0 Å². The van der Waals surface area contributed by atoms with Gasteiger partial charge >= 0.3 is 0 Å². The summed E-state index contributed by atoms with van der Waals surface area (Å²) in [6.07, 6.45) is 1.73. The zero-order valence-corrected chi connectivity index (χ0v) is 12.9. The van der Waals surface area contributed by atoms with E-state index in [0.717, 1.165) is 16.5 Å². The maximum absolute atomic E-state index is 12.0. The molecule has 3 aromatic rings. The number of carbonyl (C=O) groups is 1. The highest BCUT2D eigenvalue weighted by molar-refractivity contribution is 5.83. The molecule has 1 aromatic heterocycles. The number of benzene rings is 2. The van der Waals surface area contributed by atoms with Crippen LogP contribution in [-0.2, 0) is 11.3 Å². The summed E-state index contributed by atoms with van der Waals surface area (Å²) >= 11 is 0. The summed E-state index contributed by atoms with van der Waals surface area (Å²) in [4.78, 5) is 16.3. The normalized spacial score (nSPS) is 10.1. The smallest absolute Gasteiger partial charge is 0.258 e. The van der Waals surface area contributed by atoms with Crippen molar-refractivity contribution in [3.8, 4) is 11.8 Å². The lowest BCUT2D eigenvalue weighted by atomic mass is 10.1. The Morgan fingerprint density at radius 3 is 2.79 bits per heavy atom. The summed E-state index contributed by atoms with van der Waals surface area (Å²) in [5.74, 6) is 0.160. The summed E-state index contributed by atoms with van der Waals surface area (Å²) in [5.41, 5.74) is 2.29. The third kappa shape index (κ3) is 3.50. The average Bonchev–Trinajstić information content (AvgIpc) is 2.64. The highest BCUT2D eigenvalue weighted by atomic mass is 16.5. The third-order valence-corrected chi connectivity index (χ3v) is 3.58. The number of carbonyl (C=O) groups excluding carboxylic acids is 1. The molecule has 0 aliphatic rings. The van der Waals surface area contributed by atoms with Gasteiger partial charge in [-0.2, -0.15) is 5.26 Å². The van der Waals surface area contributed by atoms with E-state index in [1.165, 1.54) is 0 Å². The van der Waals surface area contributed by atoms with E-state index in [0.29, 0.717) is 17.9 Å². The molecule has 1 heterocycles. The van der Waals surface area contributed by atoms with Crippen LogP contribution >= 0.6 is 0 Å². The van der Waals surface area contributed by atoms with Gasteiger partial charge in [0, 0.05) is 18.1 Å². The molecular weight excluding hydrogens is 302 g/mol. The monoisotopic (exact) mass is 317 g/mol. The summed E-state index contributed by atoms with van der Waals surface area (Å²) < 4.78 is 5.42. The fourth-order valence-corrected chi connectivity index (χ4v) is 2.38. The number of nitriles is 1. The van der Waals surface area contributed by atoms with Crippen LogP contribution in [0.15, 0.2) is 60.8 Å². The molecule has 5 nitrogen and oxygen atoms in total. The van der Waals surface area contributed by atoms with E-state index < -0.39 is 0 Å². The van der Waals surface area contributed by atoms with Crippen LogP contribution < -0.4 is 10.1 Å². The Kier molecular flexibility index (Phi) is 4.68. The van der Waals surface area contributed by atoms with Gasteiger partial charge in [-0.1, -0.05) is 30.3 Å². The highest BCUT2D eigenvalue weighted by Crippen LogP contribution is 2.17. The molecule has 0 atom stereocenters. The fourth-order valence-electron chi connectivity index (χ4n) is 2.38. The highest BCUT2D eigenvalue weighted by Gasteiger charge is 2.07. The van der Waals surface area contributed by atoms with Crippen LogP contribution in [0.25, 0.3) is 10.9 Å². The van der Waals surface area contributed by atoms with E-state index in [1.807, 2.05) is 36.4 Å². The Balaban J connectivity index is 1.60. The summed E-state index contributed by atoms with van der Waals surface area (Å²) in [5, 5.41) is 12.8. The number of amides is 1. The molecule has 0 saturated carbocycles. The lowest BCUT2D eigenvalue weighted by Gasteiger charge is -2.10. The Morgan fingerprint density at radius 1 is 1.12 bits per heavy atom. The van der Waals surface area contributed by atoms with Crippen molar-refractivity contribution >= 4 is 16.8 Å². The van der Waals surface area contributed by atoms with Crippen LogP contribution in [0.2, 0.25) is 0 Å². The number of pyridine rings is 1. The van der Waals surface area contributed by atoms with Gasteiger partial charge in [0.2, 0.25) is 0 Å². The SMILES string of the molecule is N#Cc1ccccc1OCC(=O)NCc1ccnc2ccccc12. The van der Waals surface area contributed by atoms with Gasteiger partial charge < -0.3 is 10.1 Å². The number of nitrogens with zero attached hydrogens (tertiary/aromatic N) is 2.